The summed E-state index contributed by atoms with van der Waals surface area (Å²) >= 11 is 1.61. The second kappa shape index (κ2) is 5.89. The lowest BCUT2D eigenvalue weighted by Gasteiger charge is -2.17. The molecule has 3 heterocycles. The number of carbonyl (C=O) groups excluding carboxylic acids is 1. The number of benzene rings is 1. The molecule has 0 fully saturated rings. The molecule has 1 amide bonds. The summed E-state index contributed by atoms with van der Waals surface area (Å²) in [5.74, 6) is 1.98. The van der Waals surface area contributed by atoms with Crippen LogP contribution in [0, 0.1) is 0 Å². The molecule has 1 aromatic carbocycles. The lowest BCUT2D eigenvalue weighted by molar-refractivity contribution is 0.0946. The molecule has 1 aliphatic heterocycles. The Kier molecular flexibility index (Phi) is 3.59. The summed E-state index contributed by atoms with van der Waals surface area (Å²) in [6.45, 7) is 0.926. The molecule has 4 rings (SSSR count). The van der Waals surface area contributed by atoms with Crippen LogP contribution in [0.3, 0.4) is 0 Å². The lowest BCUT2D eigenvalue weighted by atomic mass is 10.0. The van der Waals surface area contributed by atoms with Gasteiger partial charge in [0.15, 0.2) is 12.4 Å². The van der Waals surface area contributed by atoms with E-state index in [0.29, 0.717) is 18.2 Å². The molecule has 0 spiro atoms. The molecule has 3 aromatic rings. The minimum atomic E-state index is -0.0221. The zero-order valence-electron chi connectivity index (χ0n) is 12.2. The summed E-state index contributed by atoms with van der Waals surface area (Å²) in [5, 5.41) is 4.83. The van der Waals surface area contributed by atoms with Crippen molar-refractivity contribution in [2.45, 2.75) is 13.0 Å². The topological polar surface area (TPSA) is 64.4 Å². The number of aromatic nitrogens is 1. The van der Waals surface area contributed by atoms with Crippen molar-refractivity contribution >= 4 is 17.2 Å². The fraction of sp³-hybridized carbons (Fsp3) is 0.176. The maximum atomic E-state index is 11.7. The Hall–Kier alpha value is -2.60. The largest absolute Gasteiger partial charge is 0.484 e. The van der Waals surface area contributed by atoms with Gasteiger partial charge in [0.25, 0.3) is 5.91 Å². The standard InChI is InChI=1S/C17H14N2O3S/c20-17-13-4-3-12(8-11(13)5-6-18-17)21-10-16-19-9-14(22-16)15-2-1-7-23-15/h1-4,7-9H,5-6,10H2,(H,18,20). The molecule has 0 aliphatic carbocycles. The molecule has 0 atom stereocenters. The quantitative estimate of drug-likeness (QED) is 0.799. The Morgan fingerprint density at radius 3 is 3.17 bits per heavy atom. The molecule has 5 nitrogen and oxygen atoms in total. The van der Waals surface area contributed by atoms with Crippen molar-refractivity contribution < 1.29 is 13.9 Å². The molecule has 1 N–H and O–H groups in total. The Labute approximate surface area is 136 Å². The Morgan fingerprint density at radius 1 is 1.35 bits per heavy atom. The predicted molar refractivity (Wildman–Crippen MR) is 86.6 cm³/mol. The maximum Gasteiger partial charge on any atom is 0.251 e. The number of oxazole rings is 1. The molecule has 6 heteroatoms. The van der Waals surface area contributed by atoms with Crippen molar-refractivity contribution in [3.05, 3.63) is 58.9 Å². The summed E-state index contributed by atoms with van der Waals surface area (Å²) in [4.78, 5) is 17.0. The summed E-state index contributed by atoms with van der Waals surface area (Å²) in [6.07, 6.45) is 2.53. The first-order valence-electron chi connectivity index (χ1n) is 7.32. The molecule has 116 valence electrons. The molecule has 0 bridgehead atoms. The van der Waals surface area contributed by atoms with E-state index in [1.54, 1.807) is 29.7 Å². The van der Waals surface area contributed by atoms with Gasteiger partial charge in [-0.15, -0.1) is 11.3 Å². The Bertz CT molecular complexity index is 839. The van der Waals surface area contributed by atoms with Crippen LogP contribution in [0.15, 0.2) is 46.3 Å². The van der Waals surface area contributed by atoms with E-state index >= 15 is 0 Å². The Balaban J connectivity index is 1.46. The normalized spacial score (nSPS) is 13.5. The van der Waals surface area contributed by atoms with E-state index in [4.69, 9.17) is 9.15 Å². The average Bonchev–Trinajstić information content (AvgIpc) is 3.24. The molecule has 0 saturated heterocycles. The third-order valence-corrected chi connectivity index (χ3v) is 4.57. The van der Waals surface area contributed by atoms with Gasteiger partial charge in [0.1, 0.15) is 5.75 Å². The van der Waals surface area contributed by atoms with E-state index in [2.05, 4.69) is 10.3 Å². The monoisotopic (exact) mass is 326 g/mol. The highest BCUT2D eigenvalue weighted by Gasteiger charge is 2.17. The van der Waals surface area contributed by atoms with Crippen molar-refractivity contribution in [1.29, 1.82) is 0 Å². The summed E-state index contributed by atoms with van der Waals surface area (Å²) < 4.78 is 11.4. The van der Waals surface area contributed by atoms with Crippen LogP contribution in [0.5, 0.6) is 5.75 Å². The number of nitrogens with zero attached hydrogens (tertiary/aromatic N) is 1. The Morgan fingerprint density at radius 2 is 2.30 bits per heavy atom. The van der Waals surface area contributed by atoms with Gasteiger partial charge in [-0.1, -0.05) is 6.07 Å². The third-order valence-electron chi connectivity index (χ3n) is 3.68. The van der Waals surface area contributed by atoms with E-state index in [0.717, 1.165) is 28.2 Å². The summed E-state index contributed by atoms with van der Waals surface area (Å²) in [5.41, 5.74) is 1.73. The molecule has 0 unspecified atom stereocenters. The summed E-state index contributed by atoms with van der Waals surface area (Å²) in [7, 11) is 0. The average molecular weight is 326 g/mol. The van der Waals surface area contributed by atoms with Crippen molar-refractivity contribution in [3.63, 3.8) is 0 Å². The van der Waals surface area contributed by atoms with Gasteiger partial charge in [0.2, 0.25) is 5.89 Å². The summed E-state index contributed by atoms with van der Waals surface area (Å²) in [6, 6.07) is 9.47. The van der Waals surface area contributed by atoms with Gasteiger partial charge in [-0.2, -0.15) is 0 Å². The number of nitrogens with one attached hydrogen (secondary N) is 1. The number of fused-ring (bicyclic) bond motifs is 1. The van der Waals surface area contributed by atoms with Gasteiger partial charge in [-0.25, -0.2) is 4.98 Å². The second-order valence-corrected chi connectivity index (χ2v) is 6.16. The van der Waals surface area contributed by atoms with Gasteiger partial charge < -0.3 is 14.5 Å². The van der Waals surface area contributed by atoms with Crippen LogP contribution in [-0.4, -0.2) is 17.4 Å². The van der Waals surface area contributed by atoms with Crippen molar-refractivity contribution in [1.82, 2.24) is 10.3 Å². The lowest BCUT2D eigenvalue weighted by Crippen LogP contribution is -2.31. The van der Waals surface area contributed by atoms with Crippen LogP contribution in [0.2, 0.25) is 0 Å². The van der Waals surface area contributed by atoms with Gasteiger partial charge in [0.05, 0.1) is 11.1 Å². The zero-order valence-corrected chi connectivity index (χ0v) is 13.1. The van der Waals surface area contributed by atoms with Crippen molar-refractivity contribution in [2.75, 3.05) is 6.54 Å². The number of ether oxygens (including phenoxy) is 1. The molecule has 0 radical (unpaired) electrons. The first-order valence-corrected chi connectivity index (χ1v) is 8.20. The highest BCUT2D eigenvalue weighted by atomic mass is 32.1. The fourth-order valence-electron chi connectivity index (χ4n) is 2.55. The number of rotatable bonds is 4. The van der Waals surface area contributed by atoms with Gasteiger partial charge >= 0.3 is 0 Å². The SMILES string of the molecule is O=C1NCCc2cc(OCc3ncc(-c4cccs4)o3)ccc21. The van der Waals surface area contributed by atoms with E-state index in [1.165, 1.54) is 0 Å². The first-order chi connectivity index (χ1) is 11.3. The maximum absolute atomic E-state index is 11.7. The number of hydrogen-bond acceptors (Lipinski definition) is 5. The van der Waals surface area contributed by atoms with Crippen LogP contribution < -0.4 is 10.1 Å². The fourth-order valence-corrected chi connectivity index (χ4v) is 3.22. The number of thiophene rings is 1. The molecule has 1 aliphatic rings. The van der Waals surface area contributed by atoms with Crippen molar-refractivity contribution in [3.8, 4) is 16.4 Å². The minimum Gasteiger partial charge on any atom is -0.484 e. The minimum absolute atomic E-state index is 0.0221. The van der Waals surface area contributed by atoms with Gasteiger partial charge in [0, 0.05) is 12.1 Å². The smallest absolute Gasteiger partial charge is 0.251 e. The van der Waals surface area contributed by atoms with Gasteiger partial charge in [-0.3, -0.25) is 4.79 Å². The van der Waals surface area contributed by atoms with Crippen LogP contribution in [-0.2, 0) is 13.0 Å². The van der Waals surface area contributed by atoms with Crippen LogP contribution >= 0.6 is 11.3 Å². The number of hydrogen-bond donors (Lipinski definition) is 1. The molecule has 2 aromatic heterocycles. The van der Waals surface area contributed by atoms with Crippen LogP contribution in [0.1, 0.15) is 21.8 Å². The van der Waals surface area contributed by atoms with Crippen molar-refractivity contribution in [2.24, 2.45) is 0 Å². The molecule has 23 heavy (non-hydrogen) atoms. The molecular formula is C17H14N2O3S. The zero-order chi connectivity index (χ0) is 15.6. The van der Waals surface area contributed by atoms with E-state index in [-0.39, 0.29) is 12.5 Å². The predicted octanol–water partition coefficient (Wildman–Crippen LogP) is 3.27. The van der Waals surface area contributed by atoms with E-state index in [1.807, 2.05) is 23.6 Å². The highest BCUT2D eigenvalue weighted by Crippen LogP contribution is 2.26. The van der Waals surface area contributed by atoms with E-state index in [9.17, 15) is 4.79 Å². The first kappa shape index (κ1) is 14.0. The third kappa shape index (κ3) is 2.85. The van der Waals surface area contributed by atoms with Gasteiger partial charge in [-0.05, 0) is 41.6 Å². The van der Waals surface area contributed by atoms with Crippen LogP contribution in [0.4, 0.5) is 0 Å². The number of amides is 1. The van der Waals surface area contributed by atoms with Crippen LogP contribution in [0.25, 0.3) is 10.6 Å². The van der Waals surface area contributed by atoms with E-state index < -0.39 is 0 Å². The highest BCUT2D eigenvalue weighted by molar-refractivity contribution is 7.13. The molecular weight excluding hydrogens is 312 g/mol. The second-order valence-electron chi connectivity index (χ2n) is 5.21. The molecule has 0 saturated carbocycles. The number of carbonyl (C=O) groups is 1.